The van der Waals surface area contributed by atoms with Crippen molar-refractivity contribution in [3.05, 3.63) is 121 Å². The van der Waals surface area contributed by atoms with Crippen molar-refractivity contribution in [3.8, 4) is 22.5 Å². The molecule has 4 heterocycles. The molecule has 6 nitrogen and oxygen atoms in total. The molecule has 0 saturated heterocycles. The second-order valence-corrected chi connectivity index (χ2v) is 7.39. The highest BCUT2D eigenvalue weighted by Gasteiger charge is 2.19. The lowest BCUT2D eigenvalue weighted by Crippen LogP contribution is -1.97. The van der Waals surface area contributed by atoms with Crippen LogP contribution < -0.4 is 0 Å². The average Bonchev–Trinajstić information content (AvgIpc) is 3.69. The lowest BCUT2D eigenvalue weighted by Gasteiger charge is -1.97. The summed E-state index contributed by atoms with van der Waals surface area (Å²) in [6.45, 7) is 16.0. The van der Waals surface area contributed by atoms with Crippen LogP contribution in [0.2, 0.25) is 0 Å². The second kappa shape index (κ2) is 22.9. The van der Waals surface area contributed by atoms with E-state index >= 15 is 0 Å². The molecule has 1 N–H and O–H groups in total. The van der Waals surface area contributed by atoms with E-state index < -0.39 is 5.97 Å². The summed E-state index contributed by atoms with van der Waals surface area (Å²) in [5.41, 5.74) is 5.43. The van der Waals surface area contributed by atoms with Crippen LogP contribution in [0.3, 0.4) is 0 Å². The van der Waals surface area contributed by atoms with E-state index in [0.29, 0.717) is 11.2 Å². The number of fused-ring (bicyclic) bond motifs is 2. The van der Waals surface area contributed by atoms with Crippen molar-refractivity contribution < 1.29 is 9.90 Å². The van der Waals surface area contributed by atoms with Gasteiger partial charge in [0.15, 0.2) is 0 Å². The van der Waals surface area contributed by atoms with Gasteiger partial charge in [-0.2, -0.15) is 10.2 Å². The van der Waals surface area contributed by atoms with Crippen LogP contribution in [-0.2, 0) is 0 Å². The number of aromatic carboxylic acids is 1. The van der Waals surface area contributed by atoms with Gasteiger partial charge in [-0.1, -0.05) is 143 Å². The van der Waals surface area contributed by atoms with Gasteiger partial charge in [0.2, 0.25) is 0 Å². The maximum absolute atomic E-state index is 11.4. The molecule has 0 saturated carbocycles. The first-order chi connectivity index (χ1) is 20.2. The monoisotopic (exact) mass is 584 g/mol. The van der Waals surface area contributed by atoms with Crippen LogP contribution in [0.1, 0.15) is 80.6 Å². The van der Waals surface area contributed by atoms with Gasteiger partial charge in [0.05, 0.1) is 16.7 Å². The predicted octanol–water partition coefficient (Wildman–Crippen LogP) is 11.1. The number of hydrogen-bond acceptors (Lipinski definition) is 3. The van der Waals surface area contributed by atoms with Gasteiger partial charge in [-0.05, 0) is 30.3 Å². The molecular weight excluding hydrogens is 532 g/mol. The Morgan fingerprint density at radius 1 is 0.581 bits per heavy atom. The highest BCUT2D eigenvalue weighted by atomic mass is 16.4. The molecule has 2 aromatic carbocycles. The first kappa shape index (κ1) is 40.4. The standard InChI is InChI=1S/C14H10N2O2.C13H10N2.4C2H6.2CH4/c17-14(18)12-11-8-4-5-9-16(11)15-13(12)10-6-2-1-3-7-10;1-2-6-11(7-3-1)13-10-12-8-4-5-9-15(12)14-13;4*1-2;;/h1-9H,(H,17,18);1-10H;4*1-2H3;2*1H4. The Morgan fingerprint density at radius 2 is 1.05 bits per heavy atom. The van der Waals surface area contributed by atoms with E-state index in [1.807, 2.05) is 133 Å². The lowest BCUT2D eigenvalue weighted by atomic mass is 10.1. The van der Waals surface area contributed by atoms with Crippen LogP contribution in [0.25, 0.3) is 33.5 Å². The number of nitrogens with zero attached hydrogens (tertiary/aromatic N) is 4. The van der Waals surface area contributed by atoms with E-state index in [-0.39, 0.29) is 20.4 Å². The number of carboxylic acids is 1. The zero-order valence-corrected chi connectivity index (χ0v) is 25.6. The summed E-state index contributed by atoms with van der Waals surface area (Å²) in [4.78, 5) is 11.4. The van der Waals surface area contributed by atoms with Crippen molar-refractivity contribution in [1.29, 1.82) is 0 Å². The van der Waals surface area contributed by atoms with Gasteiger partial charge in [0.1, 0.15) is 11.3 Å². The molecule has 0 atom stereocenters. The summed E-state index contributed by atoms with van der Waals surface area (Å²) in [5, 5.41) is 18.2. The summed E-state index contributed by atoms with van der Waals surface area (Å²) < 4.78 is 3.48. The maximum Gasteiger partial charge on any atom is 0.340 e. The van der Waals surface area contributed by atoms with Crippen molar-refractivity contribution in [2.75, 3.05) is 0 Å². The molecule has 0 unspecified atom stereocenters. The van der Waals surface area contributed by atoms with Crippen LogP contribution in [0, 0.1) is 0 Å². The molecule has 0 aliphatic carbocycles. The van der Waals surface area contributed by atoms with E-state index in [9.17, 15) is 9.90 Å². The SMILES string of the molecule is C.C.CC.CC.CC.CC.O=C(O)c1c(-c2ccccc2)nn2ccccc12.c1ccc(-c2cc3ccccn3n2)cc1. The molecular formula is C37H52N4O2. The number of carbonyl (C=O) groups is 1. The zero-order valence-electron chi connectivity index (χ0n) is 25.6. The van der Waals surface area contributed by atoms with E-state index in [4.69, 9.17) is 0 Å². The fraction of sp³-hybridized carbons (Fsp3) is 0.270. The van der Waals surface area contributed by atoms with Crippen LogP contribution in [0.5, 0.6) is 0 Å². The van der Waals surface area contributed by atoms with Gasteiger partial charge < -0.3 is 5.11 Å². The molecule has 6 aromatic rings. The molecule has 232 valence electrons. The first-order valence-electron chi connectivity index (χ1n) is 14.5. The first-order valence-corrected chi connectivity index (χ1v) is 14.5. The minimum Gasteiger partial charge on any atom is -0.478 e. The van der Waals surface area contributed by atoms with E-state index in [2.05, 4.69) is 34.5 Å². The molecule has 0 fully saturated rings. The number of hydrogen-bond donors (Lipinski definition) is 1. The molecule has 0 amide bonds. The van der Waals surface area contributed by atoms with Crippen LogP contribution >= 0.6 is 0 Å². The molecule has 0 spiro atoms. The van der Waals surface area contributed by atoms with Crippen molar-refractivity contribution in [3.63, 3.8) is 0 Å². The van der Waals surface area contributed by atoms with Gasteiger partial charge in [0.25, 0.3) is 0 Å². The second-order valence-electron chi connectivity index (χ2n) is 7.39. The Balaban J connectivity index is 0. The third-order valence-corrected chi connectivity index (χ3v) is 5.24. The Labute approximate surface area is 259 Å². The van der Waals surface area contributed by atoms with E-state index in [1.165, 1.54) is 0 Å². The predicted molar refractivity (Wildman–Crippen MR) is 187 cm³/mol. The average molecular weight is 585 g/mol. The summed E-state index contributed by atoms with van der Waals surface area (Å²) in [5.74, 6) is -0.963. The third-order valence-electron chi connectivity index (χ3n) is 5.24. The molecule has 43 heavy (non-hydrogen) atoms. The summed E-state index contributed by atoms with van der Waals surface area (Å²) in [6, 6.07) is 33.1. The van der Waals surface area contributed by atoms with Crippen molar-refractivity contribution in [2.24, 2.45) is 0 Å². The van der Waals surface area contributed by atoms with Crippen molar-refractivity contribution in [2.45, 2.75) is 70.2 Å². The minimum atomic E-state index is -0.963. The summed E-state index contributed by atoms with van der Waals surface area (Å²) in [6.07, 6.45) is 3.70. The quantitative estimate of drug-likeness (QED) is 0.224. The number of aromatic nitrogens is 4. The number of pyridine rings is 2. The van der Waals surface area contributed by atoms with Crippen LogP contribution in [-0.4, -0.2) is 30.3 Å². The van der Waals surface area contributed by atoms with Gasteiger partial charge in [0, 0.05) is 23.5 Å². The van der Waals surface area contributed by atoms with Crippen molar-refractivity contribution in [1.82, 2.24) is 19.2 Å². The summed E-state index contributed by atoms with van der Waals surface area (Å²) >= 11 is 0. The lowest BCUT2D eigenvalue weighted by molar-refractivity contribution is 0.0700. The highest BCUT2D eigenvalue weighted by Crippen LogP contribution is 2.25. The minimum absolute atomic E-state index is 0. The summed E-state index contributed by atoms with van der Waals surface area (Å²) in [7, 11) is 0. The Kier molecular flexibility index (Phi) is 21.5. The normalized spacial score (nSPS) is 8.74. The van der Waals surface area contributed by atoms with Crippen molar-refractivity contribution >= 4 is 17.0 Å². The molecule has 4 aromatic heterocycles. The maximum atomic E-state index is 11.4. The number of carboxylic acid groups (broad SMARTS) is 1. The van der Waals surface area contributed by atoms with Crippen LogP contribution in [0.15, 0.2) is 116 Å². The van der Waals surface area contributed by atoms with Gasteiger partial charge in [-0.15, -0.1) is 0 Å². The van der Waals surface area contributed by atoms with E-state index in [0.717, 1.165) is 22.3 Å². The molecule has 6 rings (SSSR count). The largest absolute Gasteiger partial charge is 0.478 e. The van der Waals surface area contributed by atoms with Gasteiger partial charge >= 0.3 is 5.97 Å². The Morgan fingerprint density at radius 3 is 1.56 bits per heavy atom. The highest BCUT2D eigenvalue weighted by molar-refractivity contribution is 6.02. The zero-order chi connectivity index (χ0) is 30.6. The number of benzene rings is 2. The molecule has 6 heteroatoms. The fourth-order valence-electron chi connectivity index (χ4n) is 3.70. The molecule has 0 radical (unpaired) electrons. The smallest absolute Gasteiger partial charge is 0.340 e. The molecule has 0 aliphatic heterocycles. The number of rotatable bonds is 3. The topological polar surface area (TPSA) is 71.9 Å². The van der Waals surface area contributed by atoms with Crippen LogP contribution in [0.4, 0.5) is 0 Å². The van der Waals surface area contributed by atoms with E-state index in [1.54, 1.807) is 22.8 Å². The Bertz CT molecular complexity index is 1510. The van der Waals surface area contributed by atoms with Gasteiger partial charge in [-0.25, -0.2) is 13.8 Å². The molecule has 0 bridgehead atoms. The fourth-order valence-corrected chi connectivity index (χ4v) is 3.70. The third kappa shape index (κ3) is 10.9. The molecule has 0 aliphatic rings. The van der Waals surface area contributed by atoms with Gasteiger partial charge in [-0.3, -0.25) is 0 Å². The Hall–Kier alpha value is -4.71.